The van der Waals surface area contributed by atoms with Gasteiger partial charge in [-0.25, -0.2) is 0 Å². The third kappa shape index (κ3) is 2.26. The van der Waals surface area contributed by atoms with Crippen LogP contribution in [0.4, 0.5) is 5.82 Å². The molecule has 2 rings (SSSR count). The van der Waals surface area contributed by atoms with Gasteiger partial charge >= 0.3 is 0 Å². The number of carbonyl (C=O) groups excluding carboxylic acids is 1. The Labute approximate surface area is 100 Å². The van der Waals surface area contributed by atoms with E-state index >= 15 is 0 Å². The molecule has 3 N–H and O–H groups in total. The Morgan fingerprint density at radius 3 is 2.82 bits per heavy atom. The maximum atomic E-state index is 12.1. The predicted molar refractivity (Wildman–Crippen MR) is 63.3 cm³/mol. The zero-order valence-corrected chi connectivity index (χ0v) is 10.1. The normalized spacial score (nSPS) is 23.2. The second-order valence-corrected chi connectivity index (χ2v) is 4.74. The number of aliphatic hydroxyl groups excluding tert-OH is 1. The van der Waals surface area contributed by atoms with Crippen LogP contribution in [0.15, 0.2) is 6.20 Å². The van der Waals surface area contributed by atoms with Crippen LogP contribution >= 0.6 is 0 Å². The third-order valence-corrected chi connectivity index (χ3v) is 3.30. The van der Waals surface area contributed by atoms with Crippen LogP contribution in [0.3, 0.4) is 0 Å². The number of anilines is 1. The summed E-state index contributed by atoms with van der Waals surface area (Å²) in [6.45, 7) is 0.657. The fourth-order valence-corrected chi connectivity index (χ4v) is 2.14. The van der Waals surface area contributed by atoms with Crippen molar-refractivity contribution in [1.29, 1.82) is 0 Å². The van der Waals surface area contributed by atoms with E-state index in [9.17, 15) is 9.90 Å². The predicted octanol–water partition coefficient (Wildman–Crippen LogP) is -0.155. The van der Waals surface area contributed by atoms with Gasteiger partial charge in [-0.3, -0.25) is 9.48 Å². The molecular weight excluding hydrogens is 220 g/mol. The lowest BCUT2D eigenvalue weighted by Gasteiger charge is -2.34. The molecule has 0 aromatic carbocycles. The summed E-state index contributed by atoms with van der Waals surface area (Å²) in [4.78, 5) is 13.7. The first kappa shape index (κ1) is 11.9. The lowest BCUT2D eigenvalue weighted by atomic mass is 9.82. The number of hydrogen-bond donors (Lipinski definition) is 2. The third-order valence-electron chi connectivity index (χ3n) is 3.30. The van der Waals surface area contributed by atoms with Crippen LogP contribution in [0.5, 0.6) is 0 Å². The van der Waals surface area contributed by atoms with Gasteiger partial charge in [0.05, 0.1) is 12.3 Å². The maximum Gasteiger partial charge on any atom is 0.258 e. The molecule has 1 heterocycles. The molecule has 6 nitrogen and oxygen atoms in total. The molecule has 1 saturated carbocycles. The molecule has 1 fully saturated rings. The molecular formula is C11H18N4O2. The van der Waals surface area contributed by atoms with E-state index in [0.29, 0.717) is 23.8 Å². The number of carbonyl (C=O) groups is 1. The van der Waals surface area contributed by atoms with Crippen LogP contribution in [-0.2, 0) is 7.05 Å². The van der Waals surface area contributed by atoms with Gasteiger partial charge in [0.25, 0.3) is 5.91 Å². The van der Waals surface area contributed by atoms with Gasteiger partial charge in [-0.1, -0.05) is 0 Å². The number of aryl methyl sites for hydroxylation is 1. The molecule has 0 spiro atoms. The Hall–Kier alpha value is -1.56. The van der Waals surface area contributed by atoms with Gasteiger partial charge in [-0.05, 0) is 18.8 Å². The molecule has 0 atom stereocenters. The van der Waals surface area contributed by atoms with E-state index in [0.717, 1.165) is 12.8 Å². The van der Waals surface area contributed by atoms with Crippen molar-refractivity contribution in [1.82, 2.24) is 14.7 Å². The molecule has 0 radical (unpaired) electrons. The Balaban J connectivity index is 1.97. The lowest BCUT2D eigenvalue weighted by Crippen LogP contribution is -2.39. The highest BCUT2D eigenvalue weighted by molar-refractivity contribution is 5.98. The standard InChI is InChI=1S/C11H18N4O2/c1-14(6-7-3-8(16)4-7)11(17)9-5-13-15(2)10(9)12/h5,7-8,16H,3-4,6,12H2,1-2H3. The van der Waals surface area contributed by atoms with Crippen molar-refractivity contribution in [2.45, 2.75) is 18.9 Å². The van der Waals surface area contributed by atoms with Crippen LogP contribution in [0, 0.1) is 5.92 Å². The summed E-state index contributed by atoms with van der Waals surface area (Å²) in [5, 5.41) is 13.1. The minimum atomic E-state index is -0.188. The van der Waals surface area contributed by atoms with Crippen LogP contribution in [0.2, 0.25) is 0 Å². The van der Waals surface area contributed by atoms with E-state index in [2.05, 4.69) is 5.10 Å². The van der Waals surface area contributed by atoms with Crippen molar-refractivity contribution in [2.75, 3.05) is 19.3 Å². The number of nitrogens with zero attached hydrogens (tertiary/aromatic N) is 3. The first-order chi connectivity index (χ1) is 7.99. The molecule has 0 aliphatic heterocycles. The van der Waals surface area contributed by atoms with Gasteiger partial charge in [-0.15, -0.1) is 0 Å². The highest BCUT2D eigenvalue weighted by Crippen LogP contribution is 2.28. The highest BCUT2D eigenvalue weighted by Gasteiger charge is 2.29. The minimum absolute atomic E-state index is 0.114. The molecule has 1 aromatic rings. The van der Waals surface area contributed by atoms with Crippen LogP contribution in [-0.4, -0.2) is 45.4 Å². The highest BCUT2D eigenvalue weighted by atomic mass is 16.3. The van der Waals surface area contributed by atoms with Crippen molar-refractivity contribution in [3.63, 3.8) is 0 Å². The molecule has 0 bridgehead atoms. The fraction of sp³-hybridized carbons (Fsp3) is 0.636. The Morgan fingerprint density at radius 1 is 1.71 bits per heavy atom. The summed E-state index contributed by atoms with van der Waals surface area (Å²) in [6, 6.07) is 0. The number of nitrogen functional groups attached to an aromatic ring is 1. The van der Waals surface area contributed by atoms with Crippen LogP contribution in [0.25, 0.3) is 0 Å². The molecule has 1 aliphatic rings. The fourth-order valence-electron chi connectivity index (χ4n) is 2.14. The molecule has 1 aliphatic carbocycles. The quantitative estimate of drug-likeness (QED) is 0.766. The summed E-state index contributed by atoms with van der Waals surface area (Å²) in [6.07, 6.45) is 2.86. The molecule has 1 aromatic heterocycles. The Kier molecular flexibility index (Phi) is 3.06. The smallest absolute Gasteiger partial charge is 0.258 e. The van der Waals surface area contributed by atoms with E-state index in [4.69, 9.17) is 5.73 Å². The van der Waals surface area contributed by atoms with Crippen LogP contribution < -0.4 is 5.73 Å². The van der Waals surface area contributed by atoms with Gasteiger partial charge in [-0.2, -0.15) is 5.10 Å². The first-order valence-corrected chi connectivity index (χ1v) is 5.70. The van der Waals surface area contributed by atoms with Crippen LogP contribution in [0.1, 0.15) is 23.2 Å². The molecule has 1 amide bonds. The second kappa shape index (κ2) is 4.37. The van der Waals surface area contributed by atoms with Crippen molar-refractivity contribution in [2.24, 2.45) is 13.0 Å². The van der Waals surface area contributed by atoms with Crippen molar-refractivity contribution in [3.8, 4) is 0 Å². The molecule has 0 unspecified atom stereocenters. The summed E-state index contributed by atoms with van der Waals surface area (Å²) in [7, 11) is 3.45. The largest absolute Gasteiger partial charge is 0.393 e. The minimum Gasteiger partial charge on any atom is -0.393 e. The van der Waals surface area contributed by atoms with Gasteiger partial charge < -0.3 is 15.7 Å². The second-order valence-electron chi connectivity index (χ2n) is 4.74. The number of rotatable bonds is 3. The van der Waals surface area contributed by atoms with E-state index < -0.39 is 0 Å². The Bertz CT molecular complexity index is 423. The van der Waals surface area contributed by atoms with Crippen molar-refractivity contribution < 1.29 is 9.90 Å². The topological polar surface area (TPSA) is 84.4 Å². The summed E-state index contributed by atoms with van der Waals surface area (Å²) >= 11 is 0. The number of aromatic nitrogens is 2. The summed E-state index contributed by atoms with van der Waals surface area (Å²) in [5.74, 6) is 0.671. The molecule has 17 heavy (non-hydrogen) atoms. The van der Waals surface area contributed by atoms with Gasteiger partial charge in [0.2, 0.25) is 0 Å². The molecule has 6 heteroatoms. The monoisotopic (exact) mass is 238 g/mol. The number of aliphatic hydroxyl groups is 1. The van der Waals surface area contributed by atoms with Crippen molar-refractivity contribution >= 4 is 11.7 Å². The van der Waals surface area contributed by atoms with E-state index in [1.54, 1.807) is 19.0 Å². The SMILES string of the molecule is CN(CC1CC(O)C1)C(=O)c1cnn(C)c1N. The first-order valence-electron chi connectivity index (χ1n) is 5.70. The van der Waals surface area contributed by atoms with Gasteiger partial charge in [0.1, 0.15) is 11.4 Å². The molecule has 94 valence electrons. The maximum absolute atomic E-state index is 12.1. The van der Waals surface area contributed by atoms with Crippen molar-refractivity contribution in [3.05, 3.63) is 11.8 Å². The average Bonchev–Trinajstić information content (AvgIpc) is 2.56. The average molecular weight is 238 g/mol. The number of nitrogens with two attached hydrogens (primary N) is 1. The van der Waals surface area contributed by atoms with E-state index in [-0.39, 0.29) is 12.0 Å². The Morgan fingerprint density at radius 2 is 2.35 bits per heavy atom. The lowest BCUT2D eigenvalue weighted by molar-refractivity contribution is 0.0265. The van der Waals surface area contributed by atoms with Gasteiger partial charge in [0.15, 0.2) is 0 Å². The number of hydrogen-bond acceptors (Lipinski definition) is 4. The summed E-state index contributed by atoms with van der Waals surface area (Å²) in [5.41, 5.74) is 6.19. The number of amides is 1. The van der Waals surface area contributed by atoms with E-state index in [1.165, 1.54) is 10.9 Å². The van der Waals surface area contributed by atoms with E-state index in [1.807, 2.05) is 0 Å². The zero-order chi connectivity index (χ0) is 12.6. The molecule has 0 saturated heterocycles. The summed E-state index contributed by atoms with van der Waals surface area (Å²) < 4.78 is 1.48. The van der Waals surface area contributed by atoms with Gasteiger partial charge in [0, 0.05) is 20.6 Å². The zero-order valence-electron chi connectivity index (χ0n) is 10.1.